The number of ether oxygens (including phenoxy) is 1. The summed E-state index contributed by atoms with van der Waals surface area (Å²) in [5.74, 6) is -0.370. The minimum Gasteiger partial charge on any atom is -0.494 e. The largest absolute Gasteiger partial charge is 0.494 e. The van der Waals surface area contributed by atoms with Crippen LogP contribution in [0, 0.1) is 0 Å². The number of sulfonamides is 1. The number of hydrogen-bond donors (Lipinski definition) is 1. The van der Waals surface area contributed by atoms with Crippen LogP contribution in [0.25, 0.3) is 0 Å². The van der Waals surface area contributed by atoms with E-state index in [1.54, 1.807) is 67.6 Å². The lowest BCUT2D eigenvalue weighted by atomic mass is 10.1. The zero-order valence-corrected chi connectivity index (χ0v) is 24.3. The van der Waals surface area contributed by atoms with Crippen LogP contribution in [0.5, 0.6) is 5.75 Å². The number of hydrogen-bond acceptors (Lipinski definition) is 5. The van der Waals surface area contributed by atoms with Crippen molar-refractivity contribution < 1.29 is 22.7 Å². The minimum atomic E-state index is -4.15. The molecular weight excluding hydrogens is 561 g/mol. The molecule has 11 heteroatoms. The Bertz CT molecular complexity index is 1390. The highest BCUT2D eigenvalue weighted by Gasteiger charge is 2.33. The molecular formula is C28H31Cl2N3O5S. The molecule has 0 heterocycles. The molecule has 3 rings (SSSR count). The molecule has 3 aromatic carbocycles. The van der Waals surface area contributed by atoms with Crippen LogP contribution in [-0.2, 0) is 26.2 Å². The molecule has 0 aliphatic carbocycles. The molecule has 1 atom stereocenters. The van der Waals surface area contributed by atoms with E-state index in [1.807, 2.05) is 6.92 Å². The predicted molar refractivity (Wildman–Crippen MR) is 154 cm³/mol. The average Bonchev–Trinajstić information content (AvgIpc) is 2.94. The number of nitrogens with zero attached hydrogens (tertiary/aromatic N) is 2. The SMILES string of the molecule is CCOc1ccc(N(CC(=O)N(Cc2ccc(Cl)c(Cl)c2)[C@H](CC)C(=O)NC)S(=O)(=O)c2ccccc2)cc1. The summed E-state index contributed by atoms with van der Waals surface area (Å²) in [4.78, 5) is 28.1. The fourth-order valence-electron chi connectivity index (χ4n) is 4.04. The van der Waals surface area contributed by atoms with Crippen molar-refractivity contribution in [3.63, 3.8) is 0 Å². The van der Waals surface area contributed by atoms with Crippen molar-refractivity contribution in [1.82, 2.24) is 10.2 Å². The van der Waals surface area contributed by atoms with Gasteiger partial charge < -0.3 is 15.0 Å². The monoisotopic (exact) mass is 591 g/mol. The van der Waals surface area contributed by atoms with Crippen LogP contribution < -0.4 is 14.4 Å². The van der Waals surface area contributed by atoms with E-state index in [1.165, 1.54) is 24.1 Å². The van der Waals surface area contributed by atoms with Crippen LogP contribution >= 0.6 is 23.2 Å². The van der Waals surface area contributed by atoms with Gasteiger partial charge in [0.25, 0.3) is 10.0 Å². The second kappa shape index (κ2) is 13.7. The van der Waals surface area contributed by atoms with Gasteiger partial charge in [0.2, 0.25) is 11.8 Å². The first-order chi connectivity index (χ1) is 18.6. The Morgan fingerprint density at radius 3 is 2.18 bits per heavy atom. The van der Waals surface area contributed by atoms with Crippen molar-refractivity contribution in [1.29, 1.82) is 0 Å². The molecule has 0 saturated heterocycles. The number of anilines is 1. The van der Waals surface area contributed by atoms with Gasteiger partial charge in [-0.15, -0.1) is 0 Å². The quantitative estimate of drug-likeness (QED) is 0.314. The molecule has 208 valence electrons. The lowest BCUT2D eigenvalue weighted by Crippen LogP contribution is -2.51. The molecule has 0 fully saturated rings. The summed E-state index contributed by atoms with van der Waals surface area (Å²) in [5, 5.41) is 3.25. The van der Waals surface area contributed by atoms with E-state index in [9.17, 15) is 18.0 Å². The number of likely N-dealkylation sites (N-methyl/N-ethyl adjacent to an activating group) is 1. The number of benzene rings is 3. The maximum atomic E-state index is 13.9. The summed E-state index contributed by atoms with van der Waals surface area (Å²) >= 11 is 12.3. The smallest absolute Gasteiger partial charge is 0.264 e. The first-order valence-corrected chi connectivity index (χ1v) is 14.6. The Morgan fingerprint density at radius 1 is 0.949 bits per heavy atom. The molecule has 0 radical (unpaired) electrons. The van der Waals surface area contributed by atoms with Crippen LogP contribution in [0.2, 0.25) is 10.0 Å². The normalized spacial score (nSPS) is 11.9. The third-order valence-electron chi connectivity index (χ3n) is 6.02. The predicted octanol–water partition coefficient (Wildman–Crippen LogP) is 5.14. The Morgan fingerprint density at radius 2 is 1.62 bits per heavy atom. The summed E-state index contributed by atoms with van der Waals surface area (Å²) in [5.41, 5.74) is 0.914. The Balaban J connectivity index is 2.05. The van der Waals surface area contributed by atoms with Gasteiger partial charge in [-0.25, -0.2) is 8.42 Å². The van der Waals surface area contributed by atoms with E-state index in [4.69, 9.17) is 27.9 Å². The molecule has 39 heavy (non-hydrogen) atoms. The third kappa shape index (κ3) is 7.44. The topological polar surface area (TPSA) is 96.0 Å². The van der Waals surface area contributed by atoms with Crippen molar-refractivity contribution in [2.24, 2.45) is 0 Å². The van der Waals surface area contributed by atoms with E-state index in [0.29, 0.717) is 34.4 Å². The molecule has 0 saturated carbocycles. The standard InChI is InChI=1S/C28H31Cl2N3O5S/c1-4-26(28(35)31-3)32(18-20-11-16-24(29)25(30)17-20)27(34)19-33(21-12-14-22(15-13-21)38-5-2)39(36,37)23-9-7-6-8-10-23/h6-17,26H,4-5,18-19H2,1-3H3,(H,31,35)/t26-/m1/s1. The molecule has 3 aromatic rings. The highest BCUT2D eigenvalue weighted by molar-refractivity contribution is 7.92. The number of carbonyl (C=O) groups excluding carboxylic acids is 2. The average molecular weight is 593 g/mol. The van der Waals surface area contributed by atoms with Crippen molar-refractivity contribution >= 4 is 50.7 Å². The maximum Gasteiger partial charge on any atom is 0.264 e. The summed E-state index contributed by atoms with van der Waals surface area (Å²) < 4.78 is 34.1. The van der Waals surface area contributed by atoms with Gasteiger partial charge in [0.1, 0.15) is 18.3 Å². The third-order valence-corrected chi connectivity index (χ3v) is 8.54. The number of nitrogens with one attached hydrogen (secondary N) is 1. The van der Waals surface area contributed by atoms with Gasteiger partial charge in [-0.3, -0.25) is 13.9 Å². The van der Waals surface area contributed by atoms with Gasteiger partial charge >= 0.3 is 0 Å². The van der Waals surface area contributed by atoms with E-state index in [2.05, 4.69) is 5.32 Å². The van der Waals surface area contributed by atoms with E-state index >= 15 is 0 Å². The minimum absolute atomic E-state index is 0.0180. The number of rotatable bonds is 12. The maximum absolute atomic E-state index is 13.9. The Kier molecular flexibility index (Phi) is 10.6. The summed E-state index contributed by atoms with van der Waals surface area (Å²) in [7, 11) is -2.66. The van der Waals surface area contributed by atoms with Crippen molar-refractivity contribution in [2.45, 2.75) is 37.8 Å². The summed E-state index contributed by atoms with van der Waals surface area (Å²) in [6.07, 6.45) is 0.307. The second-order valence-corrected chi connectivity index (χ2v) is 11.2. The Labute approximate surface area is 239 Å². The molecule has 8 nitrogen and oxygen atoms in total. The van der Waals surface area contributed by atoms with Gasteiger partial charge in [-0.2, -0.15) is 0 Å². The highest BCUT2D eigenvalue weighted by Crippen LogP contribution is 2.28. The summed E-state index contributed by atoms with van der Waals surface area (Å²) in [6.45, 7) is 3.55. The van der Waals surface area contributed by atoms with Crippen molar-refractivity contribution in [2.75, 3.05) is 24.5 Å². The first kappa shape index (κ1) is 30.3. The first-order valence-electron chi connectivity index (χ1n) is 12.4. The van der Waals surface area contributed by atoms with Crippen LogP contribution in [0.3, 0.4) is 0 Å². The molecule has 0 aliphatic heterocycles. The van der Waals surface area contributed by atoms with E-state index in [-0.39, 0.29) is 23.0 Å². The number of halogens is 2. The Hall–Kier alpha value is -3.27. The van der Waals surface area contributed by atoms with Gasteiger partial charge in [-0.05, 0) is 67.4 Å². The van der Waals surface area contributed by atoms with Crippen molar-refractivity contribution in [3.05, 3.63) is 88.4 Å². The van der Waals surface area contributed by atoms with Crippen molar-refractivity contribution in [3.8, 4) is 5.75 Å². The highest BCUT2D eigenvalue weighted by atomic mass is 35.5. The molecule has 1 N–H and O–H groups in total. The lowest BCUT2D eigenvalue weighted by molar-refractivity contribution is -0.140. The van der Waals surface area contributed by atoms with Crippen LogP contribution in [0.1, 0.15) is 25.8 Å². The molecule has 2 amide bonds. The molecule has 0 aliphatic rings. The van der Waals surface area contributed by atoms with Crippen LogP contribution in [-0.4, -0.2) is 51.4 Å². The zero-order valence-electron chi connectivity index (χ0n) is 21.9. The number of carbonyl (C=O) groups is 2. The molecule has 0 spiro atoms. The van der Waals surface area contributed by atoms with Crippen LogP contribution in [0.15, 0.2) is 77.7 Å². The number of amides is 2. The van der Waals surface area contributed by atoms with E-state index < -0.39 is 28.5 Å². The molecule has 0 bridgehead atoms. The zero-order chi connectivity index (χ0) is 28.6. The van der Waals surface area contributed by atoms with Crippen LogP contribution in [0.4, 0.5) is 5.69 Å². The van der Waals surface area contributed by atoms with Gasteiger partial charge in [-0.1, -0.05) is 54.4 Å². The molecule has 0 aromatic heterocycles. The lowest BCUT2D eigenvalue weighted by Gasteiger charge is -2.33. The fourth-order valence-corrected chi connectivity index (χ4v) is 5.80. The van der Waals surface area contributed by atoms with Gasteiger partial charge in [0.05, 0.1) is 27.2 Å². The molecule has 0 unspecified atom stereocenters. The van der Waals surface area contributed by atoms with Gasteiger partial charge in [0, 0.05) is 13.6 Å². The second-order valence-electron chi connectivity index (χ2n) is 8.56. The van der Waals surface area contributed by atoms with E-state index in [0.717, 1.165) is 4.31 Å². The fraction of sp³-hybridized carbons (Fsp3) is 0.286. The summed E-state index contributed by atoms with van der Waals surface area (Å²) in [6, 6.07) is 18.4. The van der Waals surface area contributed by atoms with Gasteiger partial charge in [0.15, 0.2) is 0 Å².